The molecule has 19 heteroatoms. The Morgan fingerprint density at radius 1 is 0.667 bits per heavy atom. The fraction of sp³-hybridized carbons (Fsp3) is 0.358. The van der Waals surface area contributed by atoms with E-state index in [0.717, 1.165) is 38.4 Å². The monoisotopic (exact) mass is 1030 g/mol. The first-order valence-electron chi connectivity index (χ1n) is 22.2. The van der Waals surface area contributed by atoms with Gasteiger partial charge in [0.05, 0.1) is 57.0 Å². The summed E-state index contributed by atoms with van der Waals surface area (Å²) in [6.45, 7) is 5.87. The number of nitrogens with zero attached hydrogens (tertiary/aromatic N) is 2. The molecule has 4 atom stereocenters. The Labute approximate surface area is 429 Å². The summed E-state index contributed by atoms with van der Waals surface area (Å²) < 4.78 is 34.5. The number of aromatic carboxylic acids is 1. The number of aliphatic carboxylic acids is 1. The van der Waals surface area contributed by atoms with Crippen LogP contribution in [-0.4, -0.2) is 105 Å². The van der Waals surface area contributed by atoms with E-state index in [1.54, 1.807) is 21.0 Å². The highest BCUT2D eigenvalue weighted by Gasteiger charge is 2.38. The maximum Gasteiger partial charge on any atom is 0.374 e. The molecule has 2 aromatic heterocycles. The zero-order chi connectivity index (χ0) is 52.1. The normalized spacial score (nSPS) is 13.1. The van der Waals surface area contributed by atoms with Crippen molar-refractivity contribution in [1.29, 1.82) is 0 Å². The summed E-state index contributed by atoms with van der Waals surface area (Å²) in [5, 5.41) is 29.3. The minimum Gasteiger partial charge on any atom is -0.481 e. The maximum absolute atomic E-state index is 12.8. The smallest absolute Gasteiger partial charge is 0.374 e. The van der Waals surface area contributed by atoms with Crippen LogP contribution in [0, 0.1) is 10.8 Å². The van der Waals surface area contributed by atoms with Gasteiger partial charge in [-0.2, -0.15) is 0 Å². The summed E-state index contributed by atoms with van der Waals surface area (Å²) in [4.78, 5) is 47.2. The second-order valence-corrected chi connectivity index (χ2v) is 17.8. The van der Waals surface area contributed by atoms with E-state index in [9.17, 15) is 24.3 Å². The number of esters is 1. The number of carboxylic acid groups (broad SMARTS) is 2. The van der Waals surface area contributed by atoms with Crippen molar-refractivity contribution >= 4 is 47.0 Å². The van der Waals surface area contributed by atoms with Gasteiger partial charge in [-0.05, 0) is 114 Å². The lowest BCUT2D eigenvalue weighted by atomic mass is 9.82. The number of methoxy groups -OCH3 is 4. The van der Waals surface area contributed by atoms with Crippen LogP contribution in [0.2, 0.25) is 10.0 Å². The quantitative estimate of drug-likeness (QED) is 0.0462. The predicted molar refractivity (Wildman–Crippen MR) is 274 cm³/mol. The van der Waals surface area contributed by atoms with Crippen LogP contribution in [-0.2, 0) is 36.6 Å². The van der Waals surface area contributed by atoms with Gasteiger partial charge in [0, 0.05) is 36.3 Å². The summed E-state index contributed by atoms with van der Waals surface area (Å²) in [6, 6.07) is 33.3. The lowest BCUT2D eigenvalue weighted by Gasteiger charge is -2.29. The van der Waals surface area contributed by atoms with Crippen LogP contribution < -0.4 is 20.5 Å². The molecule has 0 radical (unpaired) electrons. The van der Waals surface area contributed by atoms with Crippen molar-refractivity contribution in [1.82, 2.24) is 15.6 Å². The first-order valence-corrected chi connectivity index (χ1v) is 23.0. The lowest BCUT2D eigenvalue weighted by Crippen LogP contribution is -2.44. The fourth-order valence-corrected chi connectivity index (χ4v) is 7.87. The number of amides is 1. The number of aromatic nitrogens is 2. The summed E-state index contributed by atoms with van der Waals surface area (Å²) in [7, 11) is 5.82. The van der Waals surface area contributed by atoms with Crippen LogP contribution in [0.5, 0.6) is 11.8 Å². The summed E-state index contributed by atoms with van der Waals surface area (Å²) in [6.07, 6.45) is 1.72. The Bertz CT molecular complexity index is 2640. The third kappa shape index (κ3) is 18.1. The van der Waals surface area contributed by atoms with Crippen molar-refractivity contribution < 1.29 is 62.1 Å². The second-order valence-electron chi connectivity index (χ2n) is 16.9. The minimum atomic E-state index is -1.20. The van der Waals surface area contributed by atoms with Crippen LogP contribution in [0.3, 0.4) is 0 Å². The van der Waals surface area contributed by atoms with Crippen molar-refractivity contribution in [2.24, 2.45) is 16.6 Å². The van der Waals surface area contributed by atoms with E-state index in [0.29, 0.717) is 30.9 Å². The average molecular weight is 1040 g/mol. The van der Waals surface area contributed by atoms with Crippen molar-refractivity contribution in [3.05, 3.63) is 142 Å². The highest BCUT2D eigenvalue weighted by Crippen LogP contribution is 2.30. The molecule has 6 aromatic rings. The number of carboxylic acids is 2. The number of carbonyl (C=O) groups is 4. The molecule has 0 saturated heterocycles. The van der Waals surface area contributed by atoms with E-state index >= 15 is 0 Å². The van der Waals surface area contributed by atoms with Crippen LogP contribution in [0.4, 0.5) is 0 Å². The van der Waals surface area contributed by atoms with Gasteiger partial charge in [0.25, 0.3) is 17.7 Å². The van der Waals surface area contributed by atoms with Crippen LogP contribution >= 0.6 is 23.2 Å². The molecule has 0 saturated carbocycles. The molecule has 0 bridgehead atoms. The Balaban J connectivity index is 0.000000320. The molecular formula is C53H64Cl2N4O13. The van der Waals surface area contributed by atoms with Gasteiger partial charge in [-0.15, -0.1) is 0 Å². The number of ether oxygens (including phenoxy) is 5. The number of halogens is 2. The number of nitrogens with one attached hydrogen (secondary N) is 1. The predicted octanol–water partition coefficient (Wildman–Crippen LogP) is 9.97. The van der Waals surface area contributed by atoms with Gasteiger partial charge >= 0.3 is 17.9 Å². The second kappa shape index (κ2) is 28.9. The van der Waals surface area contributed by atoms with Gasteiger partial charge in [0.2, 0.25) is 11.5 Å². The Kier molecular flexibility index (Phi) is 23.9. The van der Waals surface area contributed by atoms with E-state index in [2.05, 4.69) is 49.2 Å². The molecule has 388 valence electrons. The number of benzene rings is 4. The standard InChI is InChI=1S/C25H27ClN2O6.C22H28ClNO3.C5H5NO4.CH4/c1-25(15-32-2,24(30)31)14-20(27-23(29)21-13-22(33-3)28-34-21)11-16-7-9-17(10-8-16)18-5-4-6-19(26)12-18;1-4-27-21(25)22(2,15-26-3)14-20(24)12-16-8-10-17(11-9-16)18-6-5-7-19(23)13-18;1-9-4-2-3(5(7)8)10-6-4;/h4-10,12-13,20H,11,14-15H2,1-3H3,(H,27,29)(H,30,31);5-11,13,20H,4,12,14-15,24H2,1-3H3;2H,1H3,(H,7,8);1H4/t20-,25+;20-,22+;;/m11../s1. The average Bonchev–Trinajstić information content (AvgIpc) is 4.04. The lowest BCUT2D eigenvalue weighted by molar-refractivity contribution is -0.158. The molecular weight excluding hydrogens is 972 g/mol. The van der Waals surface area contributed by atoms with Gasteiger partial charge < -0.3 is 54.0 Å². The molecule has 17 nitrogen and oxygen atoms in total. The van der Waals surface area contributed by atoms with E-state index < -0.39 is 34.7 Å². The molecule has 0 unspecified atom stereocenters. The third-order valence-electron chi connectivity index (χ3n) is 11.0. The number of nitrogens with two attached hydrogens (primary N) is 1. The van der Waals surface area contributed by atoms with E-state index in [1.165, 1.54) is 33.5 Å². The van der Waals surface area contributed by atoms with Crippen molar-refractivity contribution in [3.63, 3.8) is 0 Å². The first kappa shape index (κ1) is 59.5. The molecule has 0 spiro atoms. The molecule has 0 aliphatic heterocycles. The number of carbonyl (C=O) groups excluding carboxylic acids is 2. The topological polar surface area (TPSA) is 245 Å². The fourth-order valence-electron chi connectivity index (χ4n) is 7.49. The highest BCUT2D eigenvalue weighted by molar-refractivity contribution is 6.31. The van der Waals surface area contributed by atoms with Crippen molar-refractivity contribution in [2.45, 2.75) is 66.0 Å². The molecule has 6 rings (SSSR count). The molecule has 2 heterocycles. The van der Waals surface area contributed by atoms with Crippen LogP contribution in [0.1, 0.15) is 73.3 Å². The Morgan fingerprint density at radius 2 is 1.14 bits per heavy atom. The SMILES string of the molecule is C.CCOC(=O)[C@](C)(COC)C[C@H](N)Cc1ccc(-c2cccc(Cl)c2)cc1.COC[C@](C)(C[C@@H](Cc1ccc(-c2cccc(Cl)c2)cc1)NC(=O)c1cc(OC)no1)C(=O)O.COc1cc(C(=O)O)on1. The summed E-state index contributed by atoms with van der Waals surface area (Å²) >= 11 is 12.2. The molecule has 1 amide bonds. The zero-order valence-corrected chi connectivity index (χ0v) is 42.1. The maximum atomic E-state index is 12.8. The van der Waals surface area contributed by atoms with Gasteiger partial charge in [-0.25, -0.2) is 4.79 Å². The minimum absolute atomic E-state index is 0. The molecule has 0 aliphatic rings. The van der Waals surface area contributed by atoms with E-state index in [-0.39, 0.29) is 62.4 Å². The van der Waals surface area contributed by atoms with Crippen LogP contribution in [0.25, 0.3) is 22.3 Å². The Morgan fingerprint density at radius 3 is 1.56 bits per heavy atom. The Hall–Kier alpha value is -6.76. The number of rotatable bonds is 22. The van der Waals surface area contributed by atoms with Crippen LogP contribution in [0.15, 0.2) is 118 Å². The largest absolute Gasteiger partial charge is 0.481 e. The number of hydrogen-bond donors (Lipinski definition) is 4. The van der Waals surface area contributed by atoms with Gasteiger partial charge in [0.1, 0.15) is 0 Å². The molecule has 0 aliphatic carbocycles. The molecule has 72 heavy (non-hydrogen) atoms. The summed E-state index contributed by atoms with van der Waals surface area (Å²) in [5.41, 5.74) is 10.6. The molecule has 0 fully saturated rings. The van der Waals surface area contributed by atoms with Gasteiger partial charge in [0.15, 0.2) is 0 Å². The van der Waals surface area contributed by atoms with Crippen molar-refractivity contribution in [2.75, 3.05) is 48.3 Å². The molecule has 5 N–H and O–H groups in total. The van der Waals surface area contributed by atoms with E-state index in [4.69, 9.17) is 57.5 Å². The van der Waals surface area contributed by atoms with Gasteiger partial charge in [-0.1, -0.05) is 103 Å². The molecule has 4 aromatic carbocycles. The first-order chi connectivity index (χ1) is 33.8. The summed E-state index contributed by atoms with van der Waals surface area (Å²) in [5.74, 6) is -2.86. The highest BCUT2D eigenvalue weighted by atomic mass is 35.5. The zero-order valence-electron chi connectivity index (χ0n) is 40.6. The van der Waals surface area contributed by atoms with Gasteiger partial charge in [-0.3, -0.25) is 14.4 Å². The number of hydrogen-bond acceptors (Lipinski definition) is 14. The van der Waals surface area contributed by atoms with Crippen molar-refractivity contribution in [3.8, 4) is 34.0 Å². The third-order valence-corrected chi connectivity index (χ3v) is 11.5. The van der Waals surface area contributed by atoms with E-state index in [1.807, 2.05) is 79.7 Å².